The highest BCUT2D eigenvalue weighted by Gasteiger charge is 2.18. The maximum Gasteiger partial charge on any atom is 0.0576 e. The number of hydrazine groups is 1. The lowest BCUT2D eigenvalue weighted by atomic mass is 10.0. The number of nitrogens with zero attached hydrogens (tertiary/aromatic N) is 2. The standard InChI is InChI=1S/C11H18N4O/c12-15-11(9-5-6-13-14-8-9)4-3-10-2-1-7-16-10/h5-6,8,10-11,15H,1-4,7,12H2. The summed E-state index contributed by atoms with van der Waals surface area (Å²) in [5.74, 6) is 5.55. The monoisotopic (exact) mass is 222 g/mol. The molecule has 1 aromatic heterocycles. The fourth-order valence-electron chi connectivity index (χ4n) is 2.08. The van der Waals surface area contributed by atoms with E-state index in [1.54, 1.807) is 12.4 Å². The zero-order valence-corrected chi connectivity index (χ0v) is 9.30. The van der Waals surface area contributed by atoms with Gasteiger partial charge in [0.2, 0.25) is 0 Å². The van der Waals surface area contributed by atoms with Crippen molar-refractivity contribution in [3.63, 3.8) is 0 Å². The first kappa shape index (κ1) is 11.4. The lowest BCUT2D eigenvalue weighted by Gasteiger charge is -2.17. The number of nitrogens with two attached hydrogens (primary N) is 1. The van der Waals surface area contributed by atoms with E-state index in [9.17, 15) is 0 Å². The average molecular weight is 222 g/mol. The third kappa shape index (κ3) is 2.98. The van der Waals surface area contributed by atoms with E-state index in [1.807, 2.05) is 6.07 Å². The number of aromatic nitrogens is 2. The molecule has 0 amide bonds. The lowest BCUT2D eigenvalue weighted by molar-refractivity contribution is 0.0996. The second kappa shape index (κ2) is 5.89. The number of nitrogens with one attached hydrogen (secondary N) is 1. The molecule has 0 aliphatic carbocycles. The van der Waals surface area contributed by atoms with Crippen molar-refractivity contribution in [3.05, 3.63) is 24.0 Å². The zero-order chi connectivity index (χ0) is 11.2. The Morgan fingerprint density at radius 1 is 1.56 bits per heavy atom. The van der Waals surface area contributed by atoms with E-state index in [0.29, 0.717) is 6.10 Å². The van der Waals surface area contributed by atoms with Gasteiger partial charge in [-0.05, 0) is 37.3 Å². The molecule has 1 aliphatic heterocycles. The van der Waals surface area contributed by atoms with Crippen molar-refractivity contribution in [2.45, 2.75) is 37.8 Å². The Morgan fingerprint density at radius 2 is 2.50 bits per heavy atom. The third-order valence-corrected chi connectivity index (χ3v) is 3.01. The van der Waals surface area contributed by atoms with Crippen molar-refractivity contribution in [2.75, 3.05) is 6.61 Å². The maximum atomic E-state index is 5.59. The van der Waals surface area contributed by atoms with Crippen LogP contribution in [0.5, 0.6) is 0 Å². The average Bonchev–Trinajstić information content (AvgIpc) is 2.84. The van der Waals surface area contributed by atoms with Gasteiger partial charge < -0.3 is 4.74 Å². The summed E-state index contributed by atoms with van der Waals surface area (Å²) >= 11 is 0. The predicted octanol–water partition coefficient (Wildman–Crippen LogP) is 0.940. The minimum atomic E-state index is 0.139. The van der Waals surface area contributed by atoms with Crippen LogP contribution in [0.4, 0.5) is 0 Å². The number of ether oxygens (including phenoxy) is 1. The highest BCUT2D eigenvalue weighted by atomic mass is 16.5. The first-order valence-corrected chi connectivity index (χ1v) is 5.74. The van der Waals surface area contributed by atoms with Crippen molar-refractivity contribution < 1.29 is 4.74 Å². The molecule has 16 heavy (non-hydrogen) atoms. The molecule has 0 radical (unpaired) electrons. The number of hydrogen-bond donors (Lipinski definition) is 2. The van der Waals surface area contributed by atoms with Gasteiger partial charge in [-0.25, -0.2) is 0 Å². The molecule has 1 fully saturated rings. The van der Waals surface area contributed by atoms with Crippen LogP contribution in [0.3, 0.4) is 0 Å². The van der Waals surface area contributed by atoms with Gasteiger partial charge in [0.15, 0.2) is 0 Å². The molecule has 2 unspecified atom stereocenters. The van der Waals surface area contributed by atoms with Gasteiger partial charge in [0.1, 0.15) is 0 Å². The minimum Gasteiger partial charge on any atom is -0.378 e. The van der Waals surface area contributed by atoms with Crippen LogP contribution in [0.2, 0.25) is 0 Å². The summed E-state index contributed by atoms with van der Waals surface area (Å²) in [5.41, 5.74) is 3.90. The molecular formula is C11H18N4O. The predicted molar refractivity (Wildman–Crippen MR) is 60.3 cm³/mol. The Balaban J connectivity index is 1.85. The molecule has 2 atom stereocenters. The van der Waals surface area contributed by atoms with E-state index in [1.165, 1.54) is 12.8 Å². The molecule has 0 saturated carbocycles. The van der Waals surface area contributed by atoms with Gasteiger partial charge in [-0.15, -0.1) is 0 Å². The quantitative estimate of drug-likeness (QED) is 0.573. The Morgan fingerprint density at radius 3 is 3.12 bits per heavy atom. The van der Waals surface area contributed by atoms with Gasteiger partial charge in [0.25, 0.3) is 0 Å². The van der Waals surface area contributed by atoms with E-state index in [2.05, 4.69) is 15.6 Å². The normalized spacial score (nSPS) is 22.2. The number of hydrogen-bond acceptors (Lipinski definition) is 5. The Bertz CT molecular complexity index is 300. The van der Waals surface area contributed by atoms with Crippen LogP contribution in [0, 0.1) is 0 Å². The summed E-state index contributed by atoms with van der Waals surface area (Å²) in [5, 5.41) is 7.61. The molecule has 88 valence electrons. The second-order valence-corrected chi connectivity index (χ2v) is 4.11. The number of rotatable bonds is 5. The van der Waals surface area contributed by atoms with Gasteiger partial charge in [-0.2, -0.15) is 10.2 Å². The molecule has 5 nitrogen and oxygen atoms in total. The van der Waals surface area contributed by atoms with Crippen LogP contribution in [0.15, 0.2) is 18.5 Å². The molecule has 1 saturated heterocycles. The Hall–Kier alpha value is -1.04. The molecule has 0 bridgehead atoms. The zero-order valence-electron chi connectivity index (χ0n) is 9.30. The molecule has 3 N–H and O–H groups in total. The van der Waals surface area contributed by atoms with Crippen molar-refractivity contribution in [1.82, 2.24) is 15.6 Å². The van der Waals surface area contributed by atoms with E-state index in [4.69, 9.17) is 10.6 Å². The van der Waals surface area contributed by atoms with Crippen molar-refractivity contribution >= 4 is 0 Å². The van der Waals surface area contributed by atoms with Crippen molar-refractivity contribution in [2.24, 2.45) is 5.84 Å². The minimum absolute atomic E-state index is 0.139. The maximum absolute atomic E-state index is 5.59. The Labute approximate surface area is 95.4 Å². The van der Waals surface area contributed by atoms with Crippen LogP contribution in [0.1, 0.15) is 37.3 Å². The topological polar surface area (TPSA) is 73.1 Å². The summed E-state index contributed by atoms with van der Waals surface area (Å²) < 4.78 is 5.59. The largest absolute Gasteiger partial charge is 0.378 e. The van der Waals surface area contributed by atoms with E-state index >= 15 is 0 Å². The first-order chi connectivity index (χ1) is 7.90. The van der Waals surface area contributed by atoms with Gasteiger partial charge in [0.05, 0.1) is 12.3 Å². The summed E-state index contributed by atoms with van der Waals surface area (Å²) in [6, 6.07) is 2.08. The summed E-state index contributed by atoms with van der Waals surface area (Å²) in [6.45, 7) is 0.905. The molecule has 2 rings (SSSR count). The van der Waals surface area contributed by atoms with Crippen molar-refractivity contribution in [1.29, 1.82) is 0 Å². The summed E-state index contributed by atoms with van der Waals surface area (Å²) in [4.78, 5) is 0. The lowest BCUT2D eigenvalue weighted by Crippen LogP contribution is -2.29. The van der Waals surface area contributed by atoms with Crippen LogP contribution in [-0.4, -0.2) is 22.9 Å². The molecular weight excluding hydrogens is 204 g/mol. The highest BCUT2D eigenvalue weighted by molar-refractivity contribution is 5.10. The molecule has 5 heteroatoms. The smallest absolute Gasteiger partial charge is 0.0576 e. The fourth-order valence-corrected chi connectivity index (χ4v) is 2.08. The molecule has 0 spiro atoms. The van der Waals surface area contributed by atoms with Gasteiger partial charge in [0, 0.05) is 18.8 Å². The van der Waals surface area contributed by atoms with Gasteiger partial charge in [-0.1, -0.05) is 0 Å². The molecule has 0 aromatic carbocycles. The van der Waals surface area contributed by atoms with Crippen LogP contribution in [-0.2, 0) is 4.74 Å². The first-order valence-electron chi connectivity index (χ1n) is 5.74. The van der Waals surface area contributed by atoms with Gasteiger partial charge in [-0.3, -0.25) is 11.3 Å². The van der Waals surface area contributed by atoms with Crippen LogP contribution < -0.4 is 11.3 Å². The molecule has 1 aliphatic rings. The summed E-state index contributed by atoms with van der Waals surface area (Å²) in [6.07, 6.45) is 8.20. The van der Waals surface area contributed by atoms with E-state index in [0.717, 1.165) is 25.0 Å². The molecule has 2 heterocycles. The Kier molecular flexibility index (Phi) is 4.21. The van der Waals surface area contributed by atoms with E-state index in [-0.39, 0.29) is 6.04 Å². The third-order valence-electron chi connectivity index (χ3n) is 3.01. The van der Waals surface area contributed by atoms with Crippen molar-refractivity contribution in [3.8, 4) is 0 Å². The SMILES string of the molecule is NNC(CCC1CCCO1)c1ccnnc1. The fraction of sp³-hybridized carbons (Fsp3) is 0.636. The van der Waals surface area contributed by atoms with Gasteiger partial charge >= 0.3 is 0 Å². The van der Waals surface area contributed by atoms with Crippen LogP contribution in [0.25, 0.3) is 0 Å². The van der Waals surface area contributed by atoms with E-state index < -0.39 is 0 Å². The highest BCUT2D eigenvalue weighted by Crippen LogP contribution is 2.22. The summed E-state index contributed by atoms with van der Waals surface area (Å²) in [7, 11) is 0. The second-order valence-electron chi connectivity index (χ2n) is 4.11. The van der Waals surface area contributed by atoms with Crippen LogP contribution >= 0.6 is 0 Å². The molecule has 1 aromatic rings.